The number of rotatable bonds is 17. The van der Waals surface area contributed by atoms with Crippen molar-refractivity contribution in [3.63, 3.8) is 0 Å². The largest absolute Gasteiger partial charge is 0.543 e. The van der Waals surface area contributed by atoms with Gasteiger partial charge in [0.15, 0.2) is 0 Å². The summed E-state index contributed by atoms with van der Waals surface area (Å²) in [5.74, 6) is -0.198. The molecule has 0 N–H and O–H groups in total. The first kappa shape index (κ1) is 25.8. The van der Waals surface area contributed by atoms with Crippen LogP contribution in [0.3, 0.4) is 0 Å². The van der Waals surface area contributed by atoms with E-state index in [-0.39, 0.29) is 12.2 Å². The van der Waals surface area contributed by atoms with Gasteiger partial charge in [-0.2, -0.15) is 0 Å². The molecule has 7 nitrogen and oxygen atoms in total. The van der Waals surface area contributed by atoms with Gasteiger partial charge in [-0.3, -0.25) is 4.89 Å². The number of carbonyl (C=O) groups excluding carboxylic acids is 2. The summed E-state index contributed by atoms with van der Waals surface area (Å²) in [6, 6.07) is 6.19. The maximum absolute atomic E-state index is 11.7. The fraction of sp³-hybridized carbons (Fsp3) is 0.652. The summed E-state index contributed by atoms with van der Waals surface area (Å²) in [6.45, 7) is 2.48. The van der Waals surface area contributed by atoms with Crippen LogP contribution in [0.2, 0.25) is 0 Å². The third-order valence-corrected chi connectivity index (χ3v) is 4.76. The van der Waals surface area contributed by atoms with Crippen molar-refractivity contribution < 1.29 is 33.9 Å². The van der Waals surface area contributed by atoms with Crippen molar-refractivity contribution in [2.75, 3.05) is 13.7 Å². The van der Waals surface area contributed by atoms with E-state index in [0.717, 1.165) is 19.3 Å². The second kappa shape index (κ2) is 17.6. The zero-order chi connectivity index (χ0) is 21.9. The Morgan fingerprint density at radius 2 is 1.27 bits per heavy atom. The molecular formula is C23H36O7. The van der Waals surface area contributed by atoms with Gasteiger partial charge in [-0.25, -0.2) is 14.5 Å². The third-order valence-electron chi connectivity index (χ3n) is 4.76. The highest BCUT2D eigenvalue weighted by Gasteiger charge is 2.12. The summed E-state index contributed by atoms with van der Waals surface area (Å²) >= 11 is 0. The highest BCUT2D eigenvalue weighted by molar-refractivity contribution is 5.89. The summed E-state index contributed by atoms with van der Waals surface area (Å²) in [6.07, 6.45) is 13.7. The number of benzene rings is 1. The van der Waals surface area contributed by atoms with Crippen LogP contribution >= 0.6 is 0 Å². The summed E-state index contributed by atoms with van der Waals surface area (Å²) in [7, 11) is 1.52. The zero-order valence-corrected chi connectivity index (χ0v) is 18.4. The molecule has 1 rings (SSSR count). The van der Waals surface area contributed by atoms with Crippen molar-refractivity contribution in [3.05, 3.63) is 29.8 Å². The standard InChI is InChI=1S/C23H36O7/c1-3-4-5-6-7-8-9-10-11-12-13-14-19-27-23(25)29-30-28-22(24)20-15-17-21(26-2)18-16-20/h15-18H,3-14,19H2,1-2H3. The maximum Gasteiger partial charge on any atom is 0.543 e. The minimum atomic E-state index is -1.04. The number of hydrogen-bond donors (Lipinski definition) is 0. The Bertz CT molecular complexity index is 571. The predicted octanol–water partition coefficient (Wildman–Crippen LogP) is 6.55. The van der Waals surface area contributed by atoms with Crippen molar-refractivity contribution in [3.8, 4) is 5.75 Å². The van der Waals surface area contributed by atoms with Crippen molar-refractivity contribution in [2.24, 2.45) is 0 Å². The second-order valence-corrected chi connectivity index (χ2v) is 7.24. The van der Waals surface area contributed by atoms with Crippen LogP contribution in [-0.4, -0.2) is 25.8 Å². The lowest BCUT2D eigenvalue weighted by atomic mass is 10.1. The van der Waals surface area contributed by atoms with E-state index in [9.17, 15) is 9.59 Å². The first-order valence-corrected chi connectivity index (χ1v) is 11.0. The number of carbonyl (C=O) groups is 2. The van der Waals surface area contributed by atoms with Gasteiger partial charge in [-0.05, 0) is 30.7 Å². The smallest absolute Gasteiger partial charge is 0.497 e. The molecule has 0 aliphatic carbocycles. The molecule has 1 aromatic carbocycles. The van der Waals surface area contributed by atoms with Crippen molar-refractivity contribution in [1.82, 2.24) is 0 Å². The molecule has 30 heavy (non-hydrogen) atoms. The Morgan fingerprint density at radius 1 is 0.733 bits per heavy atom. The molecule has 1 aromatic rings. The Balaban J connectivity index is 1.91. The summed E-state index contributed by atoms with van der Waals surface area (Å²) in [5, 5.41) is 4.18. The van der Waals surface area contributed by atoms with Gasteiger partial charge in [-0.15, -0.1) is 0 Å². The maximum atomic E-state index is 11.7. The van der Waals surface area contributed by atoms with Crippen LogP contribution in [0.5, 0.6) is 5.75 Å². The van der Waals surface area contributed by atoms with Gasteiger partial charge >= 0.3 is 12.1 Å². The topological polar surface area (TPSA) is 80.3 Å². The van der Waals surface area contributed by atoms with Crippen LogP contribution in [-0.2, 0) is 19.6 Å². The lowest BCUT2D eigenvalue weighted by Gasteiger charge is -2.05. The highest BCUT2D eigenvalue weighted by atomic mass is 17.5. The highest BCUT2D eigenvalue weighted by Crippen LogP contribution is 2.13. The van der Waals surface area contributed by atoms with Gasteiger partial charge in [0.1, 0.15) is 5.75 Å². The normalized spacial score (nSPS) is 10.5. The molecule has 0 aliphatic heterocycles. The molecule has 0 bridgehead atoms. The molecule has 0 unspecified atom stereocenters. The second-order valence-electron chi connectivity index (χ2n) is 7.24. The van der Waals surface area contributed by atoms with Crippen LogP contribution in [0.15, 0.2) is 24.3 Å². The number of ether oxygens (including phenoxy) is 2. The summed E-state index contributed by atoms with van der Waals surface area (Å²) in [5.41, 5.74) is 0.226. The van der Waals surface area contributed by atoms with E-state index in [4.69, 9.17) is 9.47 Å². The van der Waals surface area contributed by atoms with Crippen LogP contribution in [0.4, 0.5) is 4.79 Å². The SMILES string of the molecule is CCCCCCCCCCCCCCOC(=O)OOOC(=O)c1ccc(OC)cc1. The van der Waals surface area contributed by atoms with E-state index in [1.807, 2.05) is 0 Å². The molecule has 0 aromatic heterocycles. The molecule has 0 atom stereocenters. The Hall–Kier alpha value is -2.28. The molecule has 0 spiro atoms. The first-order valence-electron chi connectivity index (χ1n) is 11.0. The lowest BCUT2D eigenvalue weighted by Crippen LogP contribution is -2.12. The predicted molar refractivity (Wildman–Crippen MR) is 113 cm³/mol. The van der Waals surface area contributed by atoms with Gasteiger partial charge in [0.25, 0.3) is 0 Å². The average molecular weight is 425 g/mol. The lowest BCUT2D eigenvalue weighted by molar-refractivity contribution is -0.452. The van der Waals surface area contributed by atoms with Crippen LogP contribution in [0, 0.1) is 0 Å². The van der Waals surface area contributed by atoms with Crippen LogP contribution in [0.1, 0.15) is 94.3 Å². The molecule has 7 heteroatoms. The van der Waals surface area contributed by atoms with E-state index in [2.05, 4.69) is 21.7 Å². The molecule has 0 radical (unpaired) electrons. The number of unbranched alkanes of at least 4 members (excludes halogenated alkanes) is 11. The Kier molecular flexibility index (Phi) is 15.1. The molecule has 0 aliphatic rings. The van der Waals surface area contributed by atoms with Crippen molar-refractivity contribution in [2.45, 2.75) is 84.0 Å². The van der Waals surface area contributed by atoms with Gasteiger partial charge < -0.3 is 9.47 Å². The fourth-order valence-electron chi connectivity index (χ4n) is 2.97. The quantitative estimate of drug-likeness (QED) is 0.121. The van der Waals surface area contributed by atoms with Crippen LogP contribution < -0.4 is 4.74 Å². The minimum absolute atomic E-state index is 0.226. The van der Waals surface area contributed by atoms with Gasteiger partial charge in [0.2, 0.25) is 0 Å². The average Bonchev–Trinajstić information content (AvgIpc) is 2.77. The molecule has 0 saturated carbocycles. The molecule has 170 valence electrons. The summed E-state index contributed by atoms with van der Waals surface area (Å²) < 4.78 is 9.85. The van der Waals surface area contributed by atoms with E-state index in [0.29, 0.717) is 5.75 Å². The summed E-state index contributed by atoms with van der Waals surface area (Å²) in [4.78, 5) is 31.7. The van der Waals surface area contributed by atoms with E-state index in [1.54, 1.807) is 12.1 Å². The molecule has 0 fully saturated rings. The van der Waals surface area contributed by atoms with Gasteiger partial charge in [0, 0.05) is 0 Å². The van der Waals surface area contributed by atoms with Crippen molar-refractivity contribution >= 4 is 12.1 Å². The molecule has 0 amide bonds. The van der Waals surface area contributed by atoms with Gasteiger partial charge in [-0.1, -0.05) is 77.6 Å². The van der Waals surface area contributed by atoms with Crippen molar-refractivity contribution in [1.29, 1.82) is 0 Å². The van der Waals surface area contributed by atoms with E-state index < -0.39 is 12.1 Å². The Morgan fingerprint density at radius 3 is 1.80 bits per heavy atom. The zero-order valence-electron chi connectivity index (χ0n) is 18.4. The third kappa shape index (κ3) is 13.0. The number of methoxy groups -OCH3 is 1. The molecule has 0 heterocycles. The monoisotopic (exact) mass is 424 g/mol. The Labute approximate surface area is 179 Å². The minimum Gasteiger partial charge on any atom is -0.497 e. The van der Waals surface area contributed by atoms with Crippen LogP contribution in [0.25, 0.3) is 0 Å². The fourth-order valence-corrected chi connectivity index (χ4v) is 2.97. The first-order chi connectivity index (χ1) is 14.7. The van der Waals surface area contributed by atoms with E-state index >= 15 is 0 Å². The number of hydrogen-bond acceptors (Lipinski definition) is 7. The van der Waals surface area contributed by atoms with E-state index in [1.165, 1.54) is 77.0 Å². The molecule has 0 saturated heterocycles. The van der Waals surface area contributed by atoms with Gasteiger partial charge in [0.05, 0.1) is 24.3 Å². The molecular weight excluding hydrogens is 388 g/mol.